The molecule has 0 aliphatic rings. The molecule has 0 unspecified atom stereocenters. The lowest BCUT2D eigenvalue weighted by molar-refractivity contribution is 0.0958. The highest BCUT2D eigenvalue weighted by Crippen LogP contribution is 2.36. The van der Waals surface area contributed by atoms with E-state index in [1.165, 1.54) is 23.5 Å². The van der Waals surface area contributed by atoms with E-state index in [9.17, 15) is 9.18 Å². The number of amides is 1. The van der Waals surface area contributed by atoms with Crippen molar-refractivity contribution in [2.75, 3.05) is 6.54 Å². The molecule has 3 rings (SSSR count). The number of rotatable bonds is 5. The number of thiophene rings is 1. The zero-order valence-corrected chi connectivity index (χ0v) is 15.4. The topological polar surface area (TPSA) is 46.9 Å². The van der Waals surface area contributed by atoms with Gasteiger partial charge in [0.15, 0.2) is 0 Å². The number of aromatic nitrogens is 2. The van der Waals surface area contributed by atoms with Crippen LogP contribution < -0.4 is 5.32 Å². The van der Waals surface area contributed by atoms with Crippen molar-refractivity contribution in [1.29, 1.82) is 0 Å². The highest BCUT2D eigenvalue weighted by molar-refractivity contribution is 7.18. The van der Waals surface area contributed by atoms with Crippen LogP contribution in [0.1, 0.15) is 20.8 Å². The zero-order valence-electron chi connectivity index (χ0n) is 13.8. The van der Waals surface area contributed by atoms with Gasteiger partial charge >= 0.3 is 0 Å². The van der Waals surface area contributed by atoms with Gasteiger partial charge in [-0.3, -0.25) is 9.48 Å². The van der Waals surface area contributed by atoms with Gasteiger partial charge in [0, 0.05) is 19.2 Å². The zero-order chi connectivity index (χ0) is 18.0. The Kier molecular flexibility index (Phi) is 5.20. The second kappa shape index (κ2) is 7.37. The molecule has 0 aliphatic carbocycles. The molecule has 130 valence electrons. The Morgan fingerprint density at radius 3 is 2.88 bits per heavy atom. The maximum atomic E-state index is 13.2. The molecule has 3 aromatic rings. The van der Waals surface area contributed by atoms with Crippen molar-refractivity contribution in [1.82, 2.24) is 15.1 Å². The van der Waals surface area contributed by atoms with E-state index in [0.29, 0.717) is 22.2 Å². The first-order valence-corrected chi connectivity index (χ1v) is 8.96. The Hall–Kier alpha value is -2.18. The van der Waals surface area contributed by atoms with Gasteiger partial charge in [0.25, 0.3) is 5.91 Å². The molecule has 2 aromatic heterocycles. The molecule has 0 saturated carbocycles. The fourth-order valence-corrected chi connectivity index (χ4v) is 3.87. The summed E-state index contributed by atoms with van der Waals surface area (Å²) in [4.78, 5) is 12.9. The van der Waals surface area contributed by atoms with Crippen molar-refractivity contribution in [3.63, 3.8) is 0 Å². The first-order chi connectivity index (χ1) is 12.0. The third-order valence-corrected chi connectivity index (χ3v) is 5.23. The minimum Gasteiger partial charge on any atom is -0.351 e. The number of hydrogen-bond acceptors (Lipinski definition) is 3. The summed E-state index contributed by atoms with van der Waals surface area (Å²) in [5, 5.41) is 7.06. The lowest BCUT2D eigenvalue weighted by Crippen LogP contribution is -2.24. The van der Waals surface area contributed by atoms with Crippen LogP contribution in [0, 0.1) is 12.7 Å². The first-order valence-electron chi connectivity index (χ1n) is 7.76. The third-order valence-electron chi connectivity index (χ3n) is 3.88. The highest BCUT2D eigenvalue weighted by Gasteiger charge is 2.18. The molecule has 0 radical (unpaired) electrons. The van der Waals surface area contributed by atoms with Gasteiger partial charge in [-0.2, -0.15) is 5.10 Å². The minimum absolute atomic E-state index is 0.186. The van der Waals surface area contributed by atoms with Crippen molar-refractivity contribution in [2.24, 2.45) is 7.05 Å². The van der Waals surface area contributed by atoms with E-state index in [2.05, 4.69) is 10.4 Å². The lowest BCUT2D eigenvalue weighted by Gasteiger charge is -2.04. The Balaban J connectivity index is 1.68. The molecule has 7 heteroatoms. The third kappa shape index (κ3) is 3.91. The van der Waals surface area contributed by atoms with Crippen LogP contribution in [-0.4, -0.2) is 22.2 Å². The summed E-state index contributed by atoms with van der Waals surface area (Å²) in [6.07, 6.45) is 2.33. The quantitative estimate of drug-likeness (QED) is 0.723. The van der Waals surface area contributed by atoms with Gasteiger partial charge in [-0.15, -0.1) is 11.3 Å². The van der Waals surface area contributed by atoms with Gasteiger partial charge in [0.2, 0.25) is 0 Å². The first kappa shape index (κ1) is 17.6. The molecule has 1 amide bonds. The number of aryl methyl sites for hydroxylation is 2. The second-order valence-corrected chi connectivity index (χ2v) is 7.39. The van der Waals surface area contributed by atoms with E-state index in [0.717, 1.165) is 22.4 Å². The number of nitrogens with zero attached hydrogens (tertiary/aromatic N) is 2. The largest absolute Gasteiger partial charge is 0.351 e. The molecular formula is C18H17ClFN3OS. The molecule has 25 heavy (non-hydrogen) atoms. The van der Waals surface area contributed by atoms with Crippen molar-refractivity contribution >= 4 is 28.8 Å². The number of carbonyl (C=O) groups is 1. The Labute approximate surface area is 154 Å². The number of nitrogens with one attached hydrogen (secondary N) is 1. The number of halogens is 2. The summed E-state index contributed by atoms with van der Waals surface area (Å²) in [5.41, 5.74) is 3.55. The van der Waals surface area contributed by atoms with E-state index in [1.807, 2.05) is 20.0 Å². The van der Waals surface area contributed by atoms with Crippen LogP contribution >= 0.6 is 22.9 Å². The summed E-state index contributed by atoms with van der Waals surface area (Å²) < 4.78 is 15.5. The van der Waals surface area contributed by atoms with Crippen LogP contribution in [0.4, 0.5) is 4.39 Å². The Morgan fingerprint density at radius 2 is 2.20 bits per heavy atom. The summed E-state index contributed by atoms with van der Waals surface area (Å²) >= 11 is 7.57. The maximum Gasteiger partial charge on any atom is 0.261 e. The molecule has 4 nitrogen and oxygen atoms in total. The molecule has 1 N–H and O–H groups in total. The molecule has 0 bridgehead atoms. The minimum atomic E-state index is -0.273. The van der Waals surface area contributed by atoms with Gasteiger partial charge in [0.1, 0.15) is 10.2 Å². The molecular weight excluding hydrogens is 361 g/mol. The van der Waals surface area contributed by atoms with E-state index in [-0.39, 0.29) is 11.7 Å². The van der Waals surface area contributed by atoms with Gasteiger partial charge in [0.05, 0.1) is 16.8 Å². The molecule has 0 atom stereocenters. The van der Waals surface area contributed by atoms with E-state index >= 15 is 0 Å². The smallest absolute Gasteiger partial charge is 0.261 e. The average molecular weight is 378 g/mol. The maximum absolute atomic E-state index is 13.2. The molecule has 1 aromatic carbocycles. The predicted octanol–water partition coefficient (Wildman–Crippen LogP) is 4.22. The van der Waals surface area contributed by atoms with Crippen LogP contribution in [0.25, 0.3) is 11.3 Å². The monoisotopic (exact) mass is 377 g/mol. The molecule has 0 spiro atoms. The van der Waals surface area contributed by atoms with Gasteiger partial charge in [-0.25, -0.2) is 4.39 Å². The van der Waals surface area contributed by atoms with Gasteiger partial charge in [-0.1, -0.05) is 23.7 Å². The fourth-order valence-electron chi connectivity index (χ4n) is 2.68. The fraction of sp³-hybridized carbons (Fsp3) is 0.222. The number of benzene rings is 1. The van der Waals surface area contributed by atoms with E-state index in [1.54, 1.807) is 23.0 Å². The summed E-state index contributed by atoms with van der Waals surface area (Å²) in [5.74, 6) is -0.459. The van der Waals surface area contributed by atoms with Crippen LogP contribution in [0.3, 0.4) is 0 Å². The number of hydrogen-bond donors (Lipinski definition) is 1. The molecule has 0 saturated heterocycles. The highest BCUT2D eigenvalue weighted by atomic mass is 35.5. The SMILES string of the molecule is Cc1cnn(C)c1-c1cc(C(=O)NCCc2cccc(F)c2)sc1Cl. The van der Waals surface area contributed by atoms with Crippen molar-refractivity contribution in [2.45, 2.75) is 13.3 Å². The normalized spacial score (nSPS) is 10.9. The van der Waals surface area contributed by atoms with Crippen molar-refractivity contribution in [3.8, 4) is 11.3 Å². The van der Waals surface area contributed by atoms with E-state index < -0.39 is 0 Å². The summed E-state index contributed by atoms with van der Waals surface area (Å²) in [6.45, 7) is 2.38. The molecule has 0 fully saturated rings. The van der Waals surface area contributed by atoms with Crippen LogP contribution in [0.5, 0.6) is 0 Å². The van der Waals surface area contributed by atoms with Crippen molar-refractivity contribution in [3.05, 3.63) is 62.7 Å². The van der Waals surface area contributed by atoms with Gasteiger partial charge in [-0.05, 0) is 42.7 Å². The number of carbonyl (C=O) groups excluding carboxylic acids is 1. The standard InChI is InChI=1S/C18H17ClFN3OS/c1-11-10-22-23(2)16(11)14-9-15(25-17(14)19)18(24)21-7-6-12-4-3-5-13(20)8-12/h3-5,8-10H,6-7H2,1-2H3,(H,21,24). The van der Waals surface area contributed by atoms with E-state index in [4.69, 9.17) is 11.6 Å². The molecule has 0 aliphatic heterocycles. The Morgan fingerprint density at radius 1 is 1.40 bits per heavy atom. The second-order valence-electron chi connectivity index (χ2n) is 5.73. The lowest BCUT2D eigenvalue weighted by atomic mass is 10.1. The Bertz CT molecular complexity index is 899. The van der Waals surface area contributed by atoms with Crippen LogP contribution in [-0.2, 0) is 13.5 Å². The predicted molar refractivity (Wildman–Crippen MR) is 98.7 cm³/mol. The summed E-state index contributed by atoms with van der Waals surface area (Å²) in [6, 6.07) is 8.15. The molecule has 2 heterocycles. The van der Waals surface area contributed by atoms with Crippen LogP contribution in [0.2, 0.25) is 4.34 Å². The van der Waals surface area contributed by atoms with Gasteiger partial charge < -0.3 is 5.32 Å². The average Bonchev–Trinajstić information content (AvgIpc) is 3.10. The van der Waals surface area contributed by atoms with Crippen LogP contribution in [0.15, 0.2) is 36.5 Å². The summed E-state index contributed by atoms with van der Waals surface area (Å²) in [7, 11) is 1.84. The van der Waals surface area contributed by atoms with Crippen molar-refractivity contribution < 1.29 is 9.18 Å².